The molecule has 5 aromatic rings. The van der Waals surface area contributed by atoms with Gasteiger partial charge in [-0.05, 0) is 78.9 Å². The van der Waals surface area contributed by atoms with Gasteiger partial charge in [-0.1, -0.05) is 48.0 Å². The number of benzene rings is 3. The summed E-state index contributed by atoms with van der Waals surface area (Å²) in [4.78, 5) is 35.3. The molecule has 3 heterocycles. The first-order valence-electron chi connectivity index (χ1n) is 14.3. The van der Waals surface area contributed by atoms with Crippen molar-refractivity contribution in [2.45, 2.75) is 37.8 Å². The average Bonchev–Trinajstić information content (AvgIpc) is 3.60. The molecule has 0 bridgehead atoms. The van der Waals surface area contributed by atoms with Crippen molar-refractivity contribution in [1.29, 1.82) is 0 Å². The van der Waals surface area contributed by atoms with Crippen molar-refractivity contribution in [2.24, 2.45) is 0 Å². The van der Waals surface area contributed by atoms with Crippen molar-refractivity contribution in [1.82, 2.24) is 25.5 Å². The van der Waals surface area contributed by atoms with Crippen molar-refractivity contribution in [3.63, 3.8) is 0 Å². The molecule has 0 saturated carbocycles. The third-order valence-corrected chi connectivity index (χ3v) is 8.60. The Hall–Kier alpha value is -4.14. The summed E-state index contributed by atoms with van der Waals surface area (Å²) in [6, 6.07) is 19.4. The second-order valence-electron chi connectivity index (χ2n) is 11.0. The van der Waals surface area contributed by atoms with Crippen LogP contribution in [0.25, 0.3) is 21.8 Å². The number of aromatic nitrogens is 2. The van der Waals surface area contributed by atoms with Gasteiger partial charge in [0.1, 0.15) is 11.9 Å². The summed E-state index contributed by atoms with van der Waals surface area (Å²) in [5.41, 5.74) is 4.81. The Morgan fingerprint density at radius 3 is 2.50 bits per heavy atom. The van der Waals surface area contributed by atoms with Crippen molar-refractivity contribution < 1.29 is 14.0 Å². The van der Waals surface area contributed by atoms with Gasteiger partial charge in [0.15, 0.2) is 0 Å². The number of halogens is 2. The fourth-order valence-corrected chi connectivity index (χ4v) is 6.18. The molecule has 1 aliphatic heterocycles. The van der Waals surface area contributed by atoms with Gasteiger partial charge in [0, 0.05) is 52.2 Å². The van der Waals surface area contributed by atoms with Gasteiger partial charge in [-0.25, -0.2) is 4.39 Å². The monoisotopic (exact) mass is 585 g/mol. The molecule has 1 fully saturated rings. The molecular weight excluding hydrogens is 553 g/mol. The highest BCUT2D eigenvalue weighted by atomic mass is 35.5. The predicted molar refractivity (Wildman–Crippen MR) is 164 cm³/mol. The summed E-state index contributed by atoms with van der Waals surface area (Å²) in [5, 5.41) is 8.49. The minimum Gasteiger partial charge on any atom is -0.361 e. The molecule has 2 aromatic heterocycles. The van der Waals surface area contributed by atoms with Crippen LogP contribution in [0.5, 0.6) is 0 Å². The van der Waals surface area contributed by atoms with Crippen LogP contribution in [-0.4, -0.2) is 52.4 Å². The molecule has 216 valence electrons. The number of carbonyl (C=O) groups excluding carboxylic acids is 2. The Morgan fingerprint density at radius 1 is 0.929 bits per heavy atom. The Balaban J connectivity index is 1.10. The summed E-state index contributed by atoms with van der Waals surface area (Å²) < 4.78 is 13.9. The summed E-state index contributed by atoms with van der Waals surface area (Å²) in [6.45, 7) is 1.96. The maximum Gasteiger partial charge on any atom is 0.243 e. The topological polar surface area (TPSA) is 93.0 Å². The lowest BCUT2D eigenvalue weighted by Crippen LogP contribution is -2.51. The van der Waals surface area contributed by atoms with Crippen LogP contribution in [0.2, 0.25) is 5.02 Å². The molecule has 9 heteroatoms. The smallest absolute Gasteiger partial charge is 0.243 e. The van der Waals surface area contributed by atoms with Gasteiger partial charge >= 0.3 is 0 Å². The number of H-pyrrole nitrogens is 2. The molecule has 7 nitrogen and oxygen atoms in total. The maximum atomic E-state index is 13.9. The quantitative estimate of drug-likeness (QED) is 0.180. The normalized spacial score (nSPS) is 15.2. The van der Waals surface area contributed by atoms with Crippen LogP contribution in [0.3, 0.4) is 0 Å². The zero-order valence-corrected chi connectivity index (χ0v) is 23.9. The van der Waals surface area contributed by atoms with Crippen LogP contribution in [0.15, 0.2) is 79.1 Å². The first-order chi connectivity index (χ1) is 20.4. The van der Waals surface area contributed by atoms with E-state index in [4.69, 9.17) is 11.6 Å². The zero-order chi connectivity index (χ0) is 29.1. The summed E-state index contributed by atoms with van der Waals surface area (Å²) >= 11 is 6.29. The molecule has 1 aliphatic rings. The number of rotatable bonds is 9. The maximum absolute atomic E-state index is 13.9. The fraction of sp³-hybridized carbons (Fsp3) is 0.273. The van der Waals surface area contributed by atoms with E-state index in [1.54, 1.807) is 18.2 Å². The van der Waals surface area contributed by atoms with Crippen molar-refractivity contribution >= 4 is 45.2 Å². The third kappa shape index (κ3) is 6.20. The minimum atomic E-state index is -0.752. The van der Waals surface area contributed by atoms with E-state index in [0.29, 0.717) is 17.4 Å². The number of fused-ring (bicyclic) bond motifs is 2. The number of para-hydroxylation sites is 1. The standard InChI is InChI=1S/C33H33ClFN5O2/c34-28-7-3-1-5-22(28)17-38-33(42)31(15-23-18-36-29-8-4-2-6-25(23)29)39-32(41)20-40-13-11-21(12-14-40)27-19-37-30-10-9-24(35)16-26(27)30/h1-10,16,18-19,21,31,36-37H,11-15,17,20H2,(H,38,42)(H,39,41)/t31-/m1/s1. The van der Waals surface area contributed by atoms with E-state index in [9.17, 15) is 14.0 Å². The number of nitrogens with zero attached hydrogens (tertiary/aromatic N) is 1. The van der Waals surface area contributed by atoms with Crippen molar-refractivity contribution in [3.05, 3.63) is 107 Å². The molecule has 0 radical (unpaired) electrons. The van der Waals surface area contributed by atoms with Gasteiger partial charge in [0.25, 0.3) is 0 Å². The predicted octanol–water partition coefficient (Wildman–Crippen LogP) is 5.67. The highest BCUT2D eigenvalue weighted by molar-refractivity contribution is 6.31. The number of piperidine rings is 1. The lowest BCUT2D eigenvalue weighted by molar-refractivity contribution is -0.129. The van der Waals surface area contributed by atoms with E-state index >= 15 is 0 Å². The molecule has 0 unspecified atom stereocenters. The first-order valence-corrected chi connectivity index (χ1v) is 14.7. The SMILES string of the molecule is O=C(CN1CCC(c2c[nH]c3ccc(F)cc23)CC1)N[C@H](Cc1c[nH]c2ccccc12)C(=O)NCc1ccccc1Cl. The van der Waals surface area contributed by atoms with Gasteiger partial charge < -0.3 is 20.6 Å². The van der Waals surface area contributed by atoms with E-state index in [-0.39, 0.29) is 30.7 Å². The molecule has 1 atom stereocenters. The van der Waals surface area contributed by atoms with E-state index in [2.05, 4.69) is 25.5 Å². The van der Waals surface area contributed by atoms with Gasteiger partial charge in [0.2, 0.25) is 11.8 Å². The molecule has 4 N–H and O–H groups in total. The third-order valence-electron chi connectivity index (χ3n) is 8.23. The number of likely N-dealkylation sites (tertiary alicyclic amines) is 1. The van der Waals surface area contributed by atoms with Crippen LogP contribution in [-0.2, 0) is 22.6 Å². The number of carbonyl (C=O) groups is 2. The second-order valence-corrected chi connectivity index (χ2v) is 11.4. The van der Waals surface area contributed by atoms with Crippen LogP contribution in [0, 0.1) is 5.82 Å². The number of nitrogens with one attached hydrogen (secondary N) is 4. The van der Waals surface area contributed by atoms with Gasteiger partial charge in [-0.15, -0.1) is 0 Å². The Kier molecular flexibility index (Phi) is 8.26. The van der Waals surface area contributed by atoms with Crippen LogP contribution >= 0.6 is 11.6 Å². The van der Waals surface area contributed by atoms with E-state index in [0.717, 1.165) is 64.4 Å². The highest BCUT2D eigenvalue weighted by Gasteiger charge is 2.27. The average molecular weight is 586 g/mol. The Morgan fingerprint density at radius 2 is 1.67 bits per heavy atom. The van der Waals surface area contributed by atoms with E-state index in [1.807, 2.05) is 54.9 Å². The van der Waals surface area contributed by atoms with Crippen molar-refractivity contribution in [2.75, 3.05) is 19.6 Å². The highest BCUT2D eigenvalue weighted by Crippen LogP contribution is 2.33. The van der Waals surface area contributed by atoms with Crippen LogP contribution in [0.1, 0.15) is 35.4 Å². The summed E-state index contributed by atoms with van der Waals surface area (Å²) in [6.07, 6.45) is 5.96. The molecule has 3 aromatic carbocycles. The molecule has 1 saturated heterocycles. The number of amides is 2. The van der Waals surface area contributed by atoms with E-state index < -0.39 is 6.04 Å². The van der Waals surface area contributed by atoms with Crippen LogP contribution in [0.4, 0.5) is 4.39 Å². The minimum absolute atomic E-state index is 0.194. The lowest BCUT2D eigenvalue weighted by Gasteiger charge is -2.31. The van der Waals surface area contributed by atoms with Gasteiger partial charge in [-0.2, -0.15) is 0 Å². The molecule has 42 heavy (non-hydrogen) atoms. The second kappa shape index (κ2) is 12.4. The molecule has 0 spiro atoms. The van der Waals surface area contributed by atoms with Crippen molar-refractivity contribution in [3.8, 4) is 0 Å². The molecule has 0 aliphatic carbocycles. The number of hydrogen-bond donors (Lipinski definition) is 4. The van der Waals surface area contributed by atoms with Gasteiger partial charge in [-0.3, -0.25) is 14.5 Å². The molecular formula is C33H33ClFN5O2. The summed E-state index contributed by atoms with van der Waals surface area (Å²) in [7, 11) is 0. The fourth-order valence-electron chi connectivity index (χ4n) is 5.97. The lowest BCUT2D eigenvalue weighted by atomic mass is 9.89. The van der Waals surface area contributed by atoms with Crippen LogP contribution < -0.4 is 10.6 Å². The molecule has 6 rings (SSSR count). The largest absolute Gasteiger partial charge is 0.361 e. The summed E-state index contributed by atoms with van der Waals surface area (Å²) in [5.74, 6) is -0.403. The number of aromatic amines is 2. The zero-order valence-electron chi connectivity index (χ0n) is 23.1. The van der Waals surface area contributed by atoms with Gasteiger partial charge in [0.05, 0.1) is 6.54 Å². The number of hydrogen-bond acceptors (Lipinski definition) is 3. The first kappa shape index (κ1) is 28.0. The van der Waals surface area contributed by atoms with E-state index in [1.165, 1.54) is 6.07 Å². The Bertz CT molecular complexity index is 1720. The Labute approximate surface area is 248 Å². The molecule has 2 amide bonds.